The van der Waals surface area contributed by atoms with Crippen LogP contribution in [0.15, 0.2) is 54.9 Å². The van der Waals surface area contributed by atoms with Crippen LogP contribution in [0.2, 0.25) is 0 Å². The molecule has 0 aliphatic carbocycles. The van der Waals surface area contributed by atoms with Crippen LogP contribution in [0.1, 0.15) is 22.3 Å². The fraction of sp³-hybridized carbons (Fsp3) is 0.292. The van der Waals surface area contributed by atoms with Crippen molar-refractivity contribution < 1.29 is 14.6 Å². The quantitative estimate of drug-likeness (QED) is 0.526. The van der Waals surface area contributed by atoms with Crippen molar-refractivity contribution in [3.05, 3.63) is 66.0 Å². The second-order valence-corrected chi connectivity index (χ2v) is 7.99. The molecule has 1 aliphatic rings. The van der Waals surface area contributed by atoms with Crippen LogP contribution in [0.3, 0.4) is 0 Å². The molecule has 1 fully saturated rings. The van der Waals surface area contributed by atoms with Crippen LogP contribution in [0.4, 0.5) is 11.5 Å². The Hall–Kier alpha value is -3.49. The third kappa shape index (κ3) is 5.22. The van der Waals surface area contributed by atoms with Crippen LogP contribution in [0.25, 0.3) is 11.3 Å². The first kappa shape index (κ1) is 21.7. The normalized spacial score (nSPS) is 16.1. The fourth-order valence-electron chi connectivity index (χ4n) is 3.83. The molecule has 166 valence electrons. The van der Waals surface area contributed by atoms with Gasteiger partial charge in [-0.15, -0.1) is 0 Å². The van der Waals surface area contributed by atoms with E-state index in [-0.39, 0.29) is 17.7 Å². The Morgan fingerprint density at radius 3 is 2.75 bits per heavy atom. The van der Waals surface area contributed by atoms with Gasteiger partial charge in [0.25, 0.3) is 5.91 Å². The lowest BCUT2D eigenvalue weighted by Gasteiger charge is -2.16. The summed E-state index contributed by atoms with van der Waals surface area (Å²) < 4.78 is 5.33. The number of nitrogens with one attached hydrogen (secondary N) is 2. The van der Waals surface area contributed by atoms with E-state index in [4.69, 9.17) is 4.74 Å². The first-order valence-electron chi connectivity index (χ1n) is 10.5. The van der Waals surface area contributed by atoms with Crippen molar-refractivity contribution in [2.45, 2.75) is 19.1 Å². The lowest BCUT2D eigenvalue weighted by atomic mass is 10.1. The van der Waals surface area contributed by atoms with Crippen molar-refractivity contribution in [2.24, 2.45) is 0 Å². The number of anilines is 2. The third-order valence-corrected chi connectivity index (χ3v) is 5.45. The van der Waals surface area contributed by atoms with Crippen molar-refractivity contribution in [2.75, 3.05) is 32.6 Å². The summed E-state index contributed by atoms with van der Waals surface area (Å²) in [6.45, 7) is 2.17. The van der Waals surface area contributed by atoms with Gasteiger partial charge in [-0.2, -0.15) is 0 Å². The van der Waals surface area contributed by atoms with Crippen molar-refractivity contribution in [3.8, 4) is 17.0 Å². The average molecular weight is 434 g/mol. The maximum Gasteiger partial charge on any atom is 0.251 e. The number of aromatic nitrogens is 2. The Morgan fingerprint density at radius 2 is 2.03 bits per heavy atom. The van der Waals surface area contributed by atoms with Gasteiger partial charge in [-0.3, -0.25) is 9.78 Å². The maximum atomic E-state index is 12.9. The third-order valence-electron chi connectivity index (χ3n) is 5.45. The Bertz CT molecular complexity index is 1090. The molecule has 3 N–H and O–H groups in total. The molecule has 1 unspecified atom stereocenters. The fourth-order valence-corrected chi connectivity index (χ4v) is 3.83. The molecule has 2 aromatic carbocycles. The number of phenols is 1. The zero-order valence-electron chi connectivity index (χ0n) is 18.2. The molecule has 0 bridgehead atoms. The average Bonchev–Trinajstić information content (AvgIpc) is 3.19. The minimum absolute atomic E-state index is 0.0852. The molecule has 0 spiro atoms. The zero-order chi connectivity index (χ0) is 22.5. The molecule has 2 heterocycles. The molecule has 4 rings (SSSR count). The largest absolute Gasteiger partial charge is 0.508 e. The molecule has 0 saturated carbocycles. The standard InChI is InChI=1S/C24H27N5O3/c1-29-10-9-19(14-29)27-24(31)21-8-5-18(11-17(21)15-32-2)26-23-13-25-12-22(28-23)16-3-6-20(30)7-4-16/h3-8,11-13,19,30H,9-10,14-15H2,1-2H3,(H,26,28)(H,27,31). The molecule has 1 atom stereocenters. The number of carbonyl (C=O) groups excluding carboxylic acids is 1. The predicted octanol–water partition coefficient (Wildman–Crippen LogP) is 3.17. The number of benzene rings is 2. The van der Waals surface area contributed by atoms with E-state index in [0.29, 0.717) is 23.7 Å². The number of hydrogen-bond acceptors (Lipinski definition) is 7. The molecule has 32 heavy (non-hydrogen) atoms. The molecule has 3 aromatic rings. The molecule has 0 radical (unpaired) electrons. The zero-order valence-corrected chi connectivity index (χ0v) is 18.2. The minimum Gasteiger partial charge on any atom is -0.508 e. The van der Waals surface area contributed by atoms with E-state index in [1.807, 2.05) is 18.2 Å². The van der Waals surface area contributed by atoms with Gasteiger partial charge in [0.15, 0.2) is 0 Å². The van der Waals surface area contributed by atoms with E-state index in [1.165, 1.54) is 0 Å². The van der Waals surface area contributed by atoms with Crippen LogP contribution in [0.5, 0.6) is 5.75 Å². The molecular formula is C24H27N5O3. The molecule has 1 amide bonds. The van der Waals surface area contributed by atoms with Gasteiger partial charge in [0.2, 0.25) is 0 Å². The van der Waals surface area contributed by atoms with Crippen LogP contribution in [0, 0.1) is 0 Å². The number of likely N-dealkylation sites (tertiary alicyclic amines) is 1. The van der Waals surface area contributed by atoms with Gasteiger partial charge < -0.3 is 25.4 Å². The van der Waals surface area contributed by atoms with Gasteiger partial charge >= 0.3 is 0 Å². The summed E-state index contributed by atoms with van der Waals surface area (Å²) in [5.41, 5.74) is 3.72. The van der Waals surface area contributed by atoms with Crippen molar-refractivity contribution >= 4 is 17.4 Å². The Morgan fingerprint density at radius 1 is 1.22 bits per heavy atom. The number of hydrogen-bond donors (Lipinski definition) is 3. The maximum absolute atomic E-state index is 12.9. The molecular weight excluding hydrogens is 406 g/mol. The second kappa shape index (κ2) is 9.76. The van der Waals surface area contributed by atoms with Crippen molar-refractivity contribution in [1.29, 1.82) is 0 Å². The first-order chi connectivity index (χ1) is 15.5. The summed E-state index contributed by atoms with van der Waals surface area (Å²) in [6.07, 6.45) is 4.26. The summed E-state index contributed by atoms with van der Waals surface area (Å²) in [4.78, 5) is 23.9. The number of ether oxygens (including phenoxy) is 1. The SMILES string of the molecule is COCc1cc(Nc2cncc(-c3ccc(O)cc3)n2)ccc1C(=O)NC1CCN(C)C1. The number of rotatable bonds is 7. The highest BCUT2D eigenvalue weighted by Gasteiger charge is 2.22. The van der Waals surface area contributed by atoms with E-state index in [1.54, 1.807) is 43.8 Å². The van der Waals surface area contributed by atoms with E-state index >= 15 is 0 Å². The first-order valence-corrected chi connectivity index (χ1v) is 10.5. The summed E-state index contributed by atoms with van der Waals surface area (Å²) in [5.74, 6) is 0.689. The van der Waals surface area contributed by atoms with E-state index in [9.17, 15) is 9.90 Å². The Labute approximate surface area is 187 Å². The number of carbonyl (C=O) groups is 1. The number of amides is 1. The van der Waals surface area contributed by atoms with Gasteiger partial charge in [-0.05, 0) is 68.0 Å². The van der Waals surface area contributed by atoms with Gasteiger partial charge in [0.1, 0.15) is 11.6 Å². The topological polar surface area (TPSA) is 99.6 Å². The highest BCUT2D eigenvalue weighted by molar-refractivity contribution is 5.96. The molecule has 8 nitrogen and oxygen atoms in total. The summed E-state index contributed by atoms with van der Waals surface area (Å²) in [7, 11) is 3.67. The van der Waals surface area contributed by atoms with Gasteiger partial charge in [-0.25, -0.2) is 4.98 Å². The smallest absolute Gasteiger partial charge is 0.251 e. The van der Waals surface area contributed by atoms with Crippen LogP contribution in [-0.4, -0.2) is 59.2 Å². The monoisotopic (exact) mass is 433 g/mol. The number of aromatic hydroxyl groups is 1. The van der Waals surface area contributed by atoms with Gasteiger partial charge in [0, 0.05) is 36.5 Å². The number of nitrogens with zero attached hydrogens (tertiary/aromatic N) is 3. The highest BCUT2D eigenvalue weighted by atomic mass is 16.5. The van der Waals surface area contributed by atoms with E-state index < -0.39 is 0 Å². The number of phenolic OH excluding ortho intramolecular Hbond substituents is 1. The summed E-state index contributed by atoms with van der Waals surface area (Å²) >= 11 is 0. The van der Waals surface area contributed by atoms with E-state index in [2.05, 4.69) is 32.5 Å². The highest BCUT2D eigenvalue weighted by Crippen LogP contribution is 2.24. The van der Waals surface area contributed by atoms with Crippen molar-refractivity contribution in [1.82, 2.24) is 20.2 Å². The minimum atomic E-state index is -0.0852. The van der Waals surface area contributed by atoms with Crippen LogP contribution >= 0.6 is 0 Å². The predicted molar refractivity (Wildman–Crippen MR) is 123 cm³/mol. The molecule has 1 aromatic heterocycles. The van der Waals surface area contributed by atoms with E-state index in [0.717, 1.165) is 36.3 Å². The summed E-state index contributed by atoms with van der Waals surface area (Å²) in [6, 6.07) is 12.5. The number of likely N-dealkylation sites (N-methyl/N-ethyl adjacent to an activating group) is 1. The van der Waals surface area contributed by atoms with Gasteiger partial charge in [-0.1, -0.05) is 0 Å². The summed E-state index contributed by atoms with van der Waals surface area (Å²) in [5, 5.41) is 15.9. The lowest BCUT2D eigenvalue weighted by molar-refractivity contribution is 0.0933. The molecule has 8 heteroatoms. The molecule has 1 saturated heterocycles. The number of methoxy groups -OCH3 is 1. The molecule has 1 aliphatic heterocycles. The van der Waals surface area contributed by atoms with Crippen molar-refractivity contribution in [3.63, 3.8) is 0 Å². The Balaban J connectivity index is 1.52. The second-order valence-electron chi connectivity index (χ2n) is 7.99. The lowest BCUT2D eigenvalue weighted by Crippen LogP contribution is -2.37. The van der Waals surface area contributed by atoms with Gasteiger partial charge in [0.05, 0.1) is 24.7 Å². The van der Waals surface area contributed by atoms with Crippen LogP contribution in [-0.2, 0) is 11.3 Å². The Kier molecular flexibility index (Phi) is 6.63. The van der Waals surface area contributed by atoms with Crippen LogP contribution < -0.4 is 10.6 Å².